The molecule has 1 N–H and O–H groups in total. The Morgan fingerprint density at radius 2 is 1.58 bits per heavy atom. The van der Waals surface area contributed by atoms with Crippen molar-refractivity contribution >= 4 is 37.5 Å². The number of hydrogen-bond donors (Lipinski definition) is 1. The fourth-order valence-corrected chi connectivity index (χ4v) is 7.26. The number of ether oxygens (including phenoxy) is 1. The Balaban J connectivity index is 1.60. The number of rotatable bonds is 6. The molecule has 0 saturated carbocycles. The number of benzene rings is 2. The minimum Gasteiger partial charge on any atom is -0.450 e. The lowest BCUT2D eigenvalue weighted by Crippen LogP contribution is -2.35. The zero-order valence-electron chi connectivity index (χ0n) is 18.4. The van der Waals surface area contributed by atoms with Crippen LogP contribution in [0.4, 0.5) is 16.2 Å². The van der Waals surface area contributed by atoms with E-state index in [9.17, 15) is 21.6 Å². The smallest absolute Gasteiger partial charge is 0.411 e. The van der Waals surface area contributed by atoms with E-state index in [1.54, 1.807) is 19.1 Å². The lowest BCUT2D eigenvalue weighted by atomic mass is 10.0. The summed E-state index contributed by atoms with van der Waals surface area (Å²) in [5.41, 5.74) is 1.62. The molecular formula is C22H27N3O6S2. The molecule has 4 rings (SSSR count). The van der Waals surface area contributed by atoms with E-state index >= 15 is 0 Å². The van der Waals surface area contributed by atoms with Crippen molar-refractivity contribution in [2.45, 2.75) is 42.4 Å². The summed E-state index contributed by atoms with van der Waals surface area (Å²) < 4.78 is 60.2. The third kappa shape index (κ3) is 4.71. The Bertz CT molecular complexity index is 1240. The van der Waals surface area contributed by atoms with E-state index < -0.39 is 26.1 Å². The molecule has 11 heteroatoms. The second kappa shape index (κ2) is 9.32. The summed E-state index contributed by atoms with van der Waals surface area (Å²) in [5, 5.41) is 2.53. The average molecular weight is 494 g/mol. The fraction of sp³-hybridized carbons (Fsp3) is 0.409. The first kappa shape index (κ1) is 23.5. The lowest BCUT2D eigenvalue weighted by Gasteiger charge is -2.31. The first-order chi connectivity index (χ1) is 15.7. The summed E-state index contributed by atoms with van der Waals surface area (Å²) >= 11 is 0. The maximum absolute atomic E-state index is 13.4. The van der Waals surface area contributed by atoms with Crippen LogP contribution in [0.25, 0.3) is 0 Å². The molecule has 2 aromatic carbocycles. The van der Waals surface area contributed by atoms with Crippen LogP contribution < -0.4 is 9.62 Å². The average Bonchev–Trinajstić information content (AvgIpc) is 3.35. The van der Waals surface area contributed by atoms with Gasteiger partial charge in [0.25, 0.3) is 10.0 Å². The Kier molecular flexibility index (Phi) is 6.64. The molecule has 33 heavy (non-hydrogen) atoms. The van der Waals surface area contributed by atoms with Gasteiger partial charge in [-0.1, -0.05) is 0 Å². The zero-order chi connectivity index (χ0) is 23.6. The second-order valence-electron chi connectivity index (χ2n) is 7.95. The number of aryl methyl sites for hydroxylation is 1. The number of nitrogens with one attached hydrogen (secondary N) is 1. The van der Waals surface area contributed by atoms with Crippen LogP contribution in [0.5, 0.6) is 0 Å². The Labute approximate surface area is 194 Å². The number of nitrogens with zero attached hydrogens (tertiary/aromatic N) is 2. The summed E-state index contributed by atoms with van der Waals surface area (Å²) in [6, 6.07) is 10.5. The highest BCUT2D eigenvalue weighted by atomic mass is 32.2. The minimum absolute atomic E-state index is 0.0820. The summed E-state index contributed by atoms with van der Waals surface area (Å²) in [6.45, 7) is 3.25. The molecule has 2 aromatic rings. The van der Waals surface area contributed by atoms with Crippen molar-refractivity contribution in [3.05, 3.63) is 48.0 Å². The maximum Gasteiger partial charge on any atom is 0.411 e. The van der Waals surface area contributed by atoms with Crippen LogP contribution in [0.15, 0.2) is 52.3 Å². The molecule has 0 radical (unpaired) electrons. The molecule has 0 aliphatic carbocycles. The van der Waals surface area contributed by atoms with Gasteiger partial charge < -0.3 is 4.74 Å². The molecule has 1 saturated heterocycles. The van der Waals surface area contributed by atoms with Crippen molar-refractivity contribution in [3.8, 4) is 0 Å². The number of fused-ring (bicyclic) bond motifs is 1. The molecule has 0 unspecified atom stereocenters. The minimum atomic E-state index is -3.87. The Morgan fingerprint density at radius 3 is 2.24 bits per heavy atom. The molecule has 2 aliphatic heterocycles. The van der Waals surface area contributed by atoms with Crippen LogP contribution in [-0.4, -0.2) is 53.5 Å². The standard InChI is InChI=1S/C22H27N3O6S2/c1-2-31-22(26)23-18-7-9-19(10-8-18)33(29,30)25-15-5-6-17-16-20(11-12-21(17)25)32(27,28)24-13-3-4-14-24/h7-12,16H,2-6,13-15H2,1H3,(H,23,26). The van der Waals surface area contributed by atoms with Crippen molar-refractivity contribution in [2.24, 2.45) is 0 Å². The quantitative estimate of drug-likeness (QED) is 0.661. The SMILES string of the molecule is CCOC(=O)Nc1ccc(S(=O)(=O)N2CCCc3cc(S(=O)(=O)N4CCCC4)ccc32)cc1. The van der Waals surface area contributed by atoms with E-state index in [2.05, 4.69) is 5.32 Å². The summed E-state index contributed by atoms with van der Waals surface area (Å²) in [6.07, 6.45) is 2.28. The van der Waals surface area contributed by atoms with E-state index in [0.29, 0.717) is 49.4 Å². The molecule has 9 nitrogen and oxygen atoms in total. The first-order valence-corrected chi connectivity index (χ1v) is 13.8. The monoisotopic (exact) mass is 493 g/mol. The van der Waals surface area contributed by atoms with Crippen LogP contribution >= 0.6 is 0 Å². The van der Waals surface area contributed by atoms with Crippen molar-refractivity contribution in [1.82, 2.24) is 4.31 Å². The van der Waals surface area contributed by atoms with Gasteiger partial charge in [-0.2, -0.15) is 4.31 Å². The molecule has 2 aliphatic rings. The summed E-state index contributed by atoms with van der Waals surface area (Å²) in [7, 11) is -7.44. The summed E-state index contributed by atoms with van der Waals surface area (Å²) in [4.78, 5) is 11.8. The van der Waals surface area contributed by atoms with Gasteiger partial charge >= 0.3 is 6.09 Å². The highest BCUT2D eigenvalue weighted by Gasteiger charge is 2.32. The van der Waals surface area contributed by atoms with Crippen molar-refractivity contribution < 1.29 is 26.4 Å². The zero-order valence-corrected chi connectivity index (χ0v) is 20.0. The molecule has 2 heterocycles. The number of anilines is 2. The predicted molar refractivity (Wildman–Crippen MR) is 124 cm³/mol. The van der Waals surface area contributed by atoms with Crippen molar-refractivity contribution in [1.29, 1.82) is 0 Å². The van der Waals surface area contributed by atoms with Gasteiger partial charge in [-0.15, -0.1) is 0 Å². The first-order valence-electron chi connectivity index (χ1n) is 10.9. The molecule has 0 bridgehead atoms. The van der Waals surface area contributed by atoms with Gasteiger partial charge in [0.05, 0.1) is 22.1 Å². The molecule has 1 amide bonds. The van der Waals surface area contributed by atoms with E-state index in [4.69, 9.17) is 4.74 Å². The van der Waals surface area contributed by atoms with Crippen LogP contribution in [0.3, 0.4) is 0 Å². The molecule has 0 aromatic heterocycles. The molecule has 0 spiro atoms. The van der Waals surface area contributed by atoms with E-state index in [1.807, 2.05) is 0 Å². The van der Waals surface area contributed by atoms with E-state index in [0.717, 1.165) is 12.8 Å². The highest BCUT2D eigenvalue weighted by Crippen LogP contribution is 2.34. The Morgan fingerprint density at radius 1 is 0.909 bits per heavy atom. The van der Waals surface area contributed by atoms with Gasteiger partial charge in [0.1, 0.15) is 0 Å². The van der Waals surface area contributed by atoms with E-state index in [1.165, 1.54) is 38.9 Å². The van der Waals surface area contributed by atoms with Crippen LogP contribution in [-0.2, 0) is 31.2 Å². The van der Waals surface area contributed by atoms with Gasteiger partial charge in [0.15, 0.2) is 0 Å². The fourth-order valence-electron chi connectivity index (χ4n) is 4.15. The highest BCUT2D eigenvalue weighted by molar-refractivity contribution is 7.92. The topological polar surface area (TPSA) is 113 Å². The maximum atomic E-state index is 13.4. The van der Waals surface area contributed by atoms with Gasteiger partial charge in [-0.3, -0.25) is 9.62 Å². The molecule has 1 fully saturated rings. The Hall–Kier alpha value is -2.63. The van der Waals surface area contributed by atoms with Gasteiger partial charge in [0.2, 0.25) is 10.0 Å². The van der Waals surface area contributed by atoms with Crippen LogP contribution in [0, 0.1) is 0 Å². The number of sulfonamides is 2. The van der Waals surface area contributed by atoms with Crippen molar-refractivity contribution in [2.75, 3.05) is 35.9 Å². The van der Waals surface area contributed by atoms with Crippen LogP contribution in [0.1, 0.15) is 31.7 Å². The van der Waals surface area contributed by atoms with Crippen LogP contribution in [0.2, 0.25) is 0 Å². The predicted octanol–water partition coefficient (Wildman–Crippen LogP) is 3.18. The third-order valence-corrected chi connectivity index (χ3v) is 9.52. The second-order valence-corrected chi connectivity index (χ2v) is 11.8. The normalized spacial score (nSPS) is 16.9. The number of carbonyl (C=O) groups excluding carboxylic acids is 1. The lowest BCUT2D eigenvalue weighted by molar-refractivity contribution is 0.168. The molecule has 178 valence electrons. The molecule has 0 atom stereocenters. The number of hydrogen-bond acceptors (Lipinski definition) is 6. The van der Waals surface area contributed by atoms with Crippen molar-refractivity contribution in [3.63, 3.8) is 0 Å². The van der Waals surface area contributed by atoms with E-state index in [-0.39, 0.29) is 16.4 Å². The van der Waals surface area contributed by atoms with Gasteiger partial charge in [-0.05, 0) is 80.6 Å². The van der Waals surface area contributed by atoms with Gasteiger partial charge in [-0.25, -0.2) is 21.6 Å². The largest absolute Gasteiger partial charge is 0.450 e. The number of amides is 1. The third-order valence-electron chi connectivity index (χ3n) is 5.79. The summed E-state index contributed by atoms with van der Waals surface area (Å²) in [5.74, 6) is 0. The number of carbonyl (C=O) groups is 1. The van der Waals surface area contributed by atoms with Gasteiger partial charge in [0, 0.05) is 25.3 Å². The molecular weight excluding hydrogens is 466 g/mol.